The lowest BCUT2D eigenvalue weighted by Gasteiger charge is -2.08. The van der Waals surface area contributed by atoms with Gasteiger partial charge in [-0.3, -0.25) is 14.4 Å². The van der Waals surface area contributed by atoms with E-state index in [-0.39, 0.29) is 24.7 Å². The van der Waals surface area contributed by atoms with Crippen LogP contribution >= 0.6 is 11.3 Å². The SMILES string of the molecule is CCOC(=O)Cn1cccc(NC(=O)c2ccsc2)c1=O. The number of amides is 1. The number of aromatic nitrogens is 1. The van der Waals surface area contributed by atoms with Crippen molar-refractivity contribution < 1.29 is 14.3 Å². The highest BCUT2D eigenvalue weighted by Crippen LogP contribution is 2.08. The summed E-state index contributed by atoms with van der Waals surface area (Å²) in [5, 5.41) is 6.01. The number of ether oxygens (including phenoxy) is 1. The third kappa shape index (κ3) is 3.79. The van der Waals surface area contributed by atoms with Crippen molar-refractivity contribution in [2.24, 2.45) is 0 Å². The zero-order valence-electron chi connectivity index (χ0n) is 11.4. The molecule has 0 aromatic carbocycles. The van der Waals surface area contributed by atoms with Gasteiger partial charge in [-0.05, 0) is 30.5 Å². The topological polar surface area (TPSA) is 77.4 Å². The number of nitrogens with zero attached hydrogens (tertiary/aromatic N) is 1. The lowest BCUT2D eigenvalue weighted by molar-refractivity contribution is -0.143. The summed E-state index contributed by atoms with van der Waals surface area (Å²) in [7, 11) is 0. The number of carbonyl (C=O) groups excluding carboxylic acids is 2. The molecule has 0 unspecified atom stereocenters. The fourth-order valence-electron chi connectivity index (χ4n) is 1.69. The summed E-state index contributed by atoms with van der Waals surface area (Å²) in [6.45, 7) is 1.76. The molecule has 0 aliphatic carbocycles. The maximum absolute atomic E-state index is 12.2. The molecule has 1 amide bonds. The predicted octanol–water partition coefficient (Wildman–Crippen LogP) is 1.73. The van der Waals surface area contributed by atoms with Gasteiger partial charge in [-0.1, -0.05) is 0 Å². The number of anilines is 1. The number of carbonyl (C=O) groups is 2. The van der Waals surface area contributed by atoms with Crippen LogP contribution in [0.25, 0.3) is 0 Å². The lowest BCUT2D eigenvalue weighted by Crippen LogP contribution is -2.28. The molecule has 7 heteroatoms. The quantitative estimate of drug-likeness (QED) is 0.853. The summed E-state index contributed by atoms with van der Waals surface area (Å²) in [6.07, 6.45) is 1.47. The maximum Gasteiger partial charge on any atom is 0.326 e. The van der Waals surface area contributed by atoms with Gasteiger partial charge in [0.1, 0.15) is 12.2 Å². The molecule has 0 spiro atoms. The van der Waals surface area contributed by atoms with E-state index in [2.05, 4.69) is 5.32 Å². The van der Waals surface area contributed by atoms with Crippen molar-refractivity contribution in [3.8, 4) is 0 Å². The Hall–Kier alpha value is -2.41. The van der Waals surface area contributed by atoms with Gasteiger partial charge in [0.15, 0.2) is 0 Å². The molecule has 0 saturated carbocycles. The van der Waals surface area contributed by atoms with Gasteiger partial charge in [0.05, 0.1) is 12.2 Å². The van der Waals surface area contributed by atoms with E-state index in [0.717, 1.165) is 0 Å². The van der Waals surface area contributed by atoms with Crippen LogP contribution in [0.3, 0.4) is 0 Å². The molecule has 21 heavy (non-hydrogen) atoms. The largest absolute Gasteiger partial charge is 0.465 e. The molecular weight excluding hydrogens is 292 g/mol. The Kier molecular flexibility index (Phi) is 4.89. The first-order chi connectivity index (χ1) is 10.1. The number of esters is 1. The minimum absolute atomic E-state index is 0.123. The van der Waals surface area contributed by atoms with Gasteiger partial charge in [0.25, 0.3) is 11.5 Å². The fraction of sp³-hybridized carbons (Fsp3) is 0.214. The van der Waals surface area contributed by atoms with Crippen LogP contribution in [0, 0.1) is 0 Å². The molecule has 110 valence electrons. The minimum Gasteiger partial charge on any atom is -0.465 e. The molecule has 0 saturated heterocycles. The van der Waals surface area contributed by atoms with Gasteiger partial charge in [0.2, 0.25) is 0 Å². The first-order valence-electron chi connectivity index (χ1n) is 6.30. The number of rotatable bonds is 5. The van der Waals surface area contributed by atoms with Crippen LogP contribution in [0.2, 0.25) is 0 Å². The monoisotopic (exact) mass is 306 g/mol. The van der Waals surface area contributed by atoms with Crippen LogP contribution in [0.1, 0.15) is 17.3 Å². The molecule has 2 heterocycles. The zero-order chi connectivity index (χ0) is 15.2. The van der Waals surface area contributed by atoms with Crippen LogP contribution in [-0.2, 0) is 16.1 Å². The van der Waals surface area contributed by atoms with Crippen molar-refractivity contribution >= 4 is 28.9 Å². The average molecular weight is 306 g/mol. The molecule has 0 atom stereocenters. The standard InChI is InChI=1S/C14H14N2O4S/c1-2-20-12(17)8-16-6-3-4-11(14(16)19)15-13(18)10-5-7-21-9-10/h3-7,9H,2,8H2,1H3,(H,15,18). The van der Waals surface area contributed by atoms with E-state index in [9.17, 15) is 14.4 Å². The molecule has 2 rings (SSSR count). The first-order valence-corrected chi connectivity index (χ1v) is 7.24. The van der Waals surface area contributed by atoms with E-state index < -0.39 is 11.5 Å². The Bertz CT molecular complexity index is 691. The van der Waals surface area contributed by atoms with E-state index in [1.807, 2.05) is 0 Å². The Morgan fingerprint density at radius 3 is 2.86 bits per heavy atom. The van der Waals surface area contributed by atoms with Gasteiger partial charge < -0.3 is 14.6 Å². The molecule has 0 aliphatic rings. The minimum atomic E-state index is -0.499. The molecule has 0 fully saturated rings. The van der Waals surface area contributed by atoms with Crippen molar-refractivity contribution in [2.45, 2.75) is 13.5 Å². The Balaban J connectivity index is 2.16. The molecule has 2 aromatic rings. The lowest BCUT2D eigenvalue weighted by atomic mass is 10.3. The van der Waals surface area contributed by atoms with Gasteiger partial charge in [0, 0.05) is 11.6 Å². The Labute approximate surface area is 125 Å². The molecule has 6 nitrogen and oxygen atoms in total. The van der Waals surface area contributed by atoms with E-state index in [1.54, 1.807) is 29.8 Å². The van der Waals surface area contributed by atoms with Crippen LogP contribution in [0.15, 0.2) is 40.0 Å². The van der Waals surface area contributed by atoms with Crippen molar-refractivity contribution in [3.05, 3.63) is 51.1 Å². The van der Waals surface area contributed by atoms with Crippen LogP contribution < -0.4 is 10.9 Å². The third-order valence-corrected chi connectivity index (χ3v) is 3.34. The summed E-state index contributed by atoms with van der Waals surface area (Å²) < 4.78 is 5.99. The Morgan fingerprint density at radius 1 is 1.38 bits per heavy atom. The number of hydrogen-bond donors (Lipinski definition) is 1. The molecule has 2 aromatic heterocycles. The highest BCUT2D eigenvalue weighted by Gasteiger charge is 2.11. The number of hydrogen-bond acceptors (Lipinski definition) is 5. The maximum atomic E-state index is 12.2. The van der Waals surface area contributed by atoms with Crippen molar-refractivity contribution in [1.29, 1.82) is 0 Å². The van der Waals surface area contributed by atoms with Crippen LogP contribution in [-0.4, -0.2) is 23.1 Å². The van der Waals surface area contributed by atoms with E-state index >= 15 is 0 Å². The normalized spacial score (nSPS) is 10.1. The second-order valence-corrected chi connectivity index (χ2v) is 4.91. The summed E-state index contributed by atoms with van der Waals surface area (Å²) in [6, 6.07) is 4.75. The number of pyridine rings is 1. The van der Waals surface area contributed by atoms with Crippen molar-refractivity contribution in [3.63, 3.8) is 0 Å². The van der Waals surface area contributed by atoms with E-state index in [1.165, 1.54) is 28.2 Å². The number of thiophene rings is 1. The van der Waals surface area contributed by atoms with E-state index in [4.69, 9.17) is 4.74 Å². The highest BCUT2D eigenvalue weighted by atomic mass is 32.1. The summed E-state index contributed by atoms with van der Waals surface area (Å²) in [5.74, 6) is -0.858. The average Bonchev–Trinajstić information content (AvgIpc) is 2.97. The van der Waals surface area contributed by atoms with Crippen molar-refractivity contribution in [1.82, 2.24) is 4.57 Å². The van der Waals surface area contributed by atoms with Gasteiger partial charge in [-0.25, -0.2) is 0 Å². The summed E-state index contributed by atoms with van der Waals surface area (Å²) in [5.41, 5.74) is 0.160. The zero-order valence-corrected chi connectivity index (χ0v) is 12.2. The molecule has 0 radical (unpaired) electrons. The van der Waals surface area contributed by atoms with Crippen LogP contribution in [0.5, 0.6) is 0 Å². The molecule has 0 aliphatic heterocycles. The molecule has 0 bridgehead atoms. The Morgan fingerprint density at radius 2 is 2.19 bits per heavy atom. The first kappa shape index (κ1) is 15.0. The smallest absolute Gasteiger partial charge is 0.326 e. The second-order valence-electron chi connectivity index (χ2n) is 4.13. The van der Waals surface area contributed by atoms with Crippen LogP contribution in [0.4, 0.5) is 5.69 Å². The fourth-order valence-corrected chi connectivity index (χ4v) is 2.33. The van der Waals surface area contributed by atoms with Gasteiger partial charge in [-0.2, -0.15) is 11.3 Å². The number of nitrogens with one attached hydrogen (secondary N) is 1. The molecular formula is C14H14N2O4S. The van der Waals surface area contributed by atoms with Gasteiger partial charge >= 0.3 is 5.97 Å². The van der Waals surface area contributed by atoms with Crippen molar-refractivity contribution in [2.75, 3.05) is 11.9 Å². The summed E-state index contributed by atoms with van der Waals surface area (Å²) >= 11 is 1.39. The van der Waals surface area contributed by atoms with Gasteiger partial charge in [-0.15, -0.1) is 0 Å². The third-order valence-electron chi connectivity index (χ3n) is 2.66. The molecule has 1 N–H and O–H groups in total. The highest BCUT2D eigenvalue weighted by molar-refractivity contribution is 7.08. The second kappa shape index (κ2) is 6.85. The van der Waals surface area contributed by atoms with E-state index in [0.29, 0.717) is 5.56 Å². The summed E-state index contributed by atoms with van der Waals surface area (Å²) in [4.78, 5) is 35.5. The predicted molar refractivity (Wildman–Crippen MR) is 79.6 cm³/mol.